The Morgan fingerprint density at radius 2 is 1.68 bits per heavy atom. The molecular formula is C17H14N2O3. The summed E-state index contributed by atoms with van der Waals surface area (Å²) in [6, 6.07) is 16.0. The molecule has 0 spiro atoms. The number of benzene rings is 2. The minimum Gasteiger partial charge on any atom is -0.465 e. The second-order valence-electron chi connectivity index (χ2n) is 4.72. The number of esters is 1. The lowest BCUT2D eigenvalue weighted by Gasteiger charge is -2.06. The summed E-state index contributed by atoms with van der Waals surface area (Å²) in [6.45, 7) is 0. The number of para-hydroxylation sites is 2. The van der Waals surface area contributed by atoms with Crippen LogP contribution < -0.4 is 5.32 Å². The van der Waals surface area contributed by atoms with Crippen molar-refractivity contribution in [1.82, 2.24) is 4.57 Å². The predicted octanol–water partition coefficient (Wildman–Crippen LogP) is 3.51. The van der Waals surface area contributed by atoms with E-state index in [1.165, 1.54) is 17.9 Å². The predicted molar refractivity (Wildman–Crippen MR) is 84.1 cm³/mol. The van der Waals surface area contributed by atoms with Crippen LogP contribution in [0, 0.1) is 0 Å². The van der Waals surface area contributed by atoms with Crippen LogP contribution in [0.3, 0.4) is 0 Å². The molecule has 0 atom stereocenters. The van der Waals surface area contributed by atoms with Crippen molar-refractivity contribution < 1.29 is 14.3 Å². The Bertz CT molecular complexity index is 837. The van der Waals surface area contributed by atoms with E-state index in [0.29, 0.717) is 22.2 Å². The van der Waals surface area contributed by atoms with Gasteiger partial charge in [0.05, 0.1) is 18.2 Å². The molecule has 2 aromatic carbocycles. The number of nitrogens with one attached hydrogen (secondary N) is 1. The van der Waals surface area contributed by atoms with Gasteiger partial charge in [-0.25, -0.2) is 9.59 Å². The van der Waals surface area contributed by atoms with Crippen molar-refractivity contribution in [3.63, 3.8) is 0 Å². The Kier molecular flexibility index (Phi) is 3.62. The minimum atomic E-state index is -0.470. The van der Waals surface area contributed by atoms with Gasteiger partial charge in [0.2, 0.25) is 0 Å². The van der Waals surface area contributed by atoms with E-state index in [4.69, 9.17) is 4.74 Å². The second-order valence-corrected chi connectivity index (χ2v) is 4.72. The minimum absolute atomic E-state index is 0.336. The number of fused-ring (bicyclic) bond motifs is 1. The van der Waals surface area contributed by atoms with Gasteiger partial charge >= 0.3 is 12.0 Å². The van der Waals surface area contributed by atoms with Crippen LogP contribution in [-0.4, -0.2) is 23.7 Å². The molecule has 0 fully saturated rings. The van der Waals surface area contributed by atoms with Crippen LogP contribution in [0.4, 0.5) is 10.5 Å². The summed E-state index contributed by atoms with van der Waals surface area (Å²) in [5.74, 6) is -0.470. The quantitative estimate of drug-likeness (QED) is 0.736. The van der Waals surface area contributed by atoms with Gasteiger partial charge in [-0.3, -0.25) is 4.57 Å². The number of rotatable bonds is 2. The number of hydrogen-bond donors (Lipinski definition) is 1. The van der Waals surface area contributed by atoms with Gasteiger partial charge in [0.25, 0.3) is 0 Å². The van der Waals surface area contributed by atoms with E-state index in [-0.39, 0.29) is 6.03 Å². The second kappa shape index (κ2) is 5.73. The third-order valence-electron chi connectivity index (χ3n) is 3.36. The maximum atomic E-state index is 12.5. The van der Waals surface area contributed by atoms with E-state index in [1.807, 2.05) is 30.3 Å². The summed E-state index contributed by atoms with van der Waals surface area (Å²) in [4.78, 5) is 24.3. The molecule has 1 amide bonds. The van der Waals surface area contributed by atoms with Gasteiger partial charge in [-0.05, 0) is 18.2 Å². The molecule has 0 saturated carbocycles. The van der Waals surface area contributed by atoms with E-state index in [0.717, 1.165) is 0 Å². The summed E-state index contributed by atoms with van der Waals surface area (Å²) < 4.78 is 6.18. The smallest absolute Gasteiger partial charge is 0.340 e. The first-order valence-electron chi connectivity index (χ1n) is 6.75. The maximum absolute atomic E-state index is 12.5. The zero-order chi connectivity index (χ0) is 15.5. The van der Waals surface area contributed by atoms with Crippen molar-refractivity contribution in [2.45, 2.75) is 0 Å². The van der Waals surface area contributed by atoms with E-state index in [2.05, 4.69) is 5.32 Å². The van der Waals surface area contributed by atoms with E-state index >= 15 is 0 Å². The fraction of sp³-hybridized carbons (Fsp3) is 0.0588. The largest absolute Gasteiger partial charge is 0.465 e. The van der Waals surface area contributed by atoms with Gasteiger partial charge in [0.15, 0.2) is 0 Å². The fourth-order valence-electron chi connectivity index (χ4n) is 2.33. The average molecular weight is 294 g/mol. The summed E-state index contributed by atoms with van der Waals surface area (Å²) in [6.07, 6.45) is 1.49. The zero-order valence-corrected chi connectivity index (χ0v) is 11.9. The topological polar surface area (TPSA) is 60.3 Å². The SMILES string of the molecule is COC(=O)c1cn(C(=O)Nc2ccccc2)c2ccccc12. The summed E-state index contributed by atoms with van der Waals surface area (Å²) in [7, 11) is 1.32. The van der Waals surface area contributed by atoms with Crippen molar-refractivity contribution in [3.05, 3.63) is 66.4 Å². The van der Waals surface area contributed by atoms with Gasteiger partial charge in [0.1, 0.15) is 0 Å². The number of methoxy groups -OCH3 is 1. The van der Waals surface area contributed by atoms with Gasteiger partial charge in [-0.2, -0.15) is 0 Å². The number of amides is 1. The molecule has 22 heavy (non-hydrogen) atoms. The van der Waals surface area contributed by atoms with Crippen LogP contribution in [0.25, 0.3) is 10.9 Å². The van der Waals surface area contributed by atoms with Gasteiger partial charge < -0.3 is 10.1 Å². The molecular weight excluding hydrogens is 280 g/mol. The number of carbonyl (C=O) groups excluding carboxylic acids is 2. The molecule has 1 aromatic heterocycles. The lowest BCUT2D eigenvalue weighted by Crippen LogP contribution is -2.18. The van der Waals surface area contributed by atoms with Gasteiger partial charge in [-0.15, -0.1) is 0 Å². The van der Waals surface area contributed by atoms with Crippen LogP contribution in [0.2, 0.25) is 0 Å². The highest BCUT2D eigenvalue weighted by atomic mass is 16.5. The van der Waals surface area contributed by atoms with Crippen molar-refractivity contribution in [3.8, 4) is 0 Å². The molecule has 110 valence electrons. The van der Waals surface area contributed by atoms with Crippen molar-refractivity contribution in [2.75, 3.05) is 12.4 Å². The van der Waals surface area contributed by atoms with Crippen molar-refractivity contribution in [1.29, 1.82) is 0 Å². The fourth-order valence-corrected chi connectivity index (χ4v) is 2.33. The van der Waals surface area contributed by atoms with Crippen molar-refractivity contribution >= 4 is 28.6 Å². The van der Waals surface area contributed by atoms with Gasteiger partial charge in [-0.1, -0.05) is 36.4 Å². The Morgan fingerprint density at radius 3 is 2.41 bits per heavy atom. The Hall–Kier alpha value is -3.08. The molecule has 3 rings (SSSR count). The summed E-state index contributed by atoms with van der Waals surface area (Å²) in [5, 5.41) is 3.47. The molecule has 0 aliphatic rings. The van der Waals surface area contributed by atoms with Crippen LogP contribution in [0.1, 0.15) is 10.4 Å². The maximum Gasteiger partial charge on any atom is 0.340 e. The molecule has 5 heteroatoms. The molecule has 0 aliphatic heterocycles. The summed E-state index contributed by atoms with van der Waals surface area (Å²) in [5.41, 5.74) is 1.70. The molecule has 0 aliphatic carbocycles. The molecule has 1 heterocycles. The number of aromatic nitrogens is 1. The molecule has 0 unspecified atom stereocenters. The standard InChI is InChI=1S/C17H14N2O3/c1-22-16(20)14-11-19(15-10-6-5-9-13(14)15)17(21)18-12-7-3-2-4-8-12/h2-11H,1H3,(H,18,21). The highest BCUT2D eigenvalue weighted by Gasteiger charge is 2.18. The lowest BCUT2D eigenvalue weighted by molar-refractivity contribution is 0.0603. The number of hydrogen-bond acceptors (Lipinski definition) is 3. The molecule has 3 aromatic rings. The van der Waals surface area contributed by atoms with Crippen LogP contribution in [0.15, 0.2) is 60.8 Å². The Morgan fingerprint density at radius 1 is 1.00 bits per heavy atom. The first-order chi connectivity index (χ1) is 10.7. The number of carbonyl (C=O) groups is 2. The third-order valence-corrected chi connectivity index (χ3v) is 3.36. The Labute approximate surface area is 127 Å². The number of ether oxygens (including phenoxy) is 1. The van der Waals surface area contributed by atoms with E-state index in [1.54, 1.807) is 24.3 Å². The van der Waals surface area contributed by atoms with Crippen LogP contribution >= 0.6 is 0 Å². The van der Waals surface area contributed by atoms with Gasteiger partial charge in [0, 0.05) is 17.3 Å². The summed E-state index contributed by atoms with van der Waals surface area (Å²) >= 11 is 0. The van der Waals surface area contributed by atoms with E-state index in [9.17, 15) is 9.59 Å². The number of nitrogens with zero attached hydrogens (tertiary/aromatic N) is 1. The van der Waals surface area contributed by atoms with Crippen molar-refractivity contribution in [2.24, 2.45) is 0 Å². The third kappa shape index (κ3) is 2.44. The Balaban J connectivity index is 2.03. The first kappa shape index (κ1) is 13.9. The van der Waals surface area contributed by atoms with Crippen LogP contribution in [0.5, 0.6) is 0 Å². The normalized spacial score (nSPS) is 10.4. The average Bonchev–Trinajstić information content (AvgIpc) is 2.95. The molecule has 0 saturated heterocycles. The van der Waals surface area contributed by atoms with Crippen LogP contribution in [-0.2, 0) is 4.74 Å². The molecule has 0 radical (unpaired) electrons. The zero-order valence-electron chi connectivity index (χ0n) is 11.9. The monoisotopic (exact) mass is 294 g/mol. The highest BCUT2D eigenvalue weighted by Crippen LogP contribution is 2.22. The number of anilines is 1. The van der Waals surface area contributed by atoms with E-state index < -0.39 is 5.97 Å². The molecule has 1 N–H and O–H groups in total. The first-order valence-corrected chi connectivity index (χ1v) is 6.75. The lowest BCUT2D eigenvalue weighted by atomic mass is 10.2. The highest BCUT2D eigenvalue weighted by molar-refractivity contribution is 6.08. The molecule has 0 bridgehead atoms. The molecule has 5 nitrogen and oxygen atoms in total.